The molecule has 2 N–H and O–H groups in total. The number of alkyl carbamates (subject to hydrolysis) is 2. The van der Waals surface area contributed by atoms with E-state index in [1.54, 1.807) is 107 Å². The molecule has 0 aliphatic heterocycles. The zero-order chi connectivity index (χ0) is 46.8. The zero-order valence-electron chi connectivity index (χ0n) is 37.8. The van der Waals surface area contributed by atoms with Gasteiger partial charge in [0.05, 0.1) is 18.6 Å². The quantitative estimate of drug-likeness (QED) is 0.0477. The first-order chi connectivity index (χ1) is 28.5. The maximum absolute atomic E-state index is 13.1. The van der Waals surface area contributed by atoms with Crippen LogP contribution in [0.25, 0.3) is 21.7 Å². The van der Waals surface area contributed by atoms with Crippen LogP contribution in [-0.2, 0) is 38.0 Å². The van der Waals surface area contributed by atoms with Crippen molar-refractivity contribution < 1.29 is 75.9 Å². The molecule has 0 bridgehead atoms. The van der Waals surface area contributed by atoms with Crippen molar-refractivity contribution in [3.63, 3.8) is 0 Å². The Morgan fingerprint density at radius 3 is 1.34 bits per heavy atom. The van der Waals surface area contributed by atoms with E-state index in [4.69, 9.17) is 42.3 Å². The molecule has 0 saturated carbocycles. The van der Waals surface area contributed by atoms with Gasteiger partial charge in [-0.05, 0) is 115 Å². The van der Waals surface area contributed by atoms with E-state index >= 15 is 0 Å². The molecule has 0 aliphatic rings. The lowest BCUT2D eigenvalue weighted by Crippen LogP contribution is -2.46. The Labute approximate surface area is 360 Å². The van der Waals surface area contributed by atoms with Gasteiger partial charge in [-0.1, -0.05) is 24.3 Å². The second-order valence-corrected chi connectivity index (χ2v) is 18.3. The first-order valence-corrected chi connectivity index (χ1v) is 20.1. The summed E-state index contributed by atoms with van der Waals surface area (Å²) in [6.07, 6.45) is -3.73. The summed E-state index contributed by atoms with van der Waals surface area (Å²) in [6, 6.07) is 5.51. The van der Waals surface area contributed by atoms with E-state index in [0.717, 1.165) is 0 Å². The highest BCUT2D eigenvalue weighted by atomic mass is 16.7. The third kappa shape index (κ3) is 16.8. The van der Waals surface area contributed by atoms with Crippen LogP contribution in [0.2, 0.25) is 0 Å². The van der Waals surface area contributed by atoms with E-state index in [9.17, 15) is 33.6 Å². The van der Waals surface area contributed by atoms with Crippen LogP contribution in [0.1, 0.15) is 126 Å². The van der Waals surface area contributed by atoms with Crippen molar-refractivity contribution in [1.29, 1.82) is 0 Å². The Hall–Kier alpha value is -6.07. The highest BCUT2D eigenvalue weighted by Gasteiger charge is 2.31. The van der Waals surface area contributed by atoms with Crippen LogP contribution in [0.3, 0.4) is 0 Å². The smallest absolute Gasteiger partial charge is 0.458 e. The van der Waals surface area contributed by atoms with Crippen molar-refractivity contribution in [3.05, 3.63) is 36.1 Å². The summed E-state index contributed by atoms with van der Waals surface area (Å²) in [5.41, 5.74) is -3.44. The van der Waals surface area contributed by atoms with Gasteiger partial charge in [0.2, 0.25) is 0 Å². The normalized spacial score (nSPS) is 13.0. The molecule has 3 aromatic rings. The minimum Gasteiger partial charge on any atom is -0.458 e. The van der Waals surface area contributed by atoms with Crippen molar-refractivity contribution in [1.82, 2.24) is 10.6 Å². The summed E-state index contributed by atoms with van der Waals surface area (Å²) in [4.78, 5) is 89.5. The molecule has 0 saturated heterocycles. The van der Waals surface area contributed by atoms with Gasteiger partial charge < -0.3 is 52.9 Å². The lowest BCUT2D eigenvalue weighted by Gasteiger charge is -2.26. The van der Waals surface area contributed by atoms with Crippen molar-refractivity contribution in [2.24, 2.45) is 0 Å². The fourth-order valence-corrected chi connectivity index (χ4v) is 5.51. The van der Waals surface area contributed by atoms with Gasteiger partial charge in [-0.15, -0.1) is 0 Å². The molecular weight excluding hydrogens is 812 g/mol. The Balaban J connectivity index is 1.77. The standard InChI is InChI=1S/C44H60N2O16/c1-25(47)31-24-28-32(57-39(52)54-22-16-20-29(35(48)59-41(2,3)4)45-37(50)61-43(8,9)10)26-18-14-15-19-27(26)33(34(28)56-31)58-40(53)55-23-17-21-30(36(49)60-42(5,6)7)46-38(51)62-44(11,12)13/h14-15,18-19,24,29-30H,16-17,20-23H2,1-13H3,(H,45,50)(H,46,51)/t29-,30-/m0/s1. The SMILES string of the molecule is CC(=O)c1cc2c(OC(=O)OCCC[C@H](NC(=O)OC(C)(C)C)C(=O)OC(C)(C)C)c3ccccc3c(OC(=O)OCCC[C@H](NC(=O)OC(C)(C)C)C(=O)OC(C)(C)C)c2o1. The van der Waals surface area contributed by atoms with E-state index in [1.807, 2.05) is 0 Å². The molecule has 0 unspecified atom stereocenters. The van der Waals surface area contributed by atoms with E-state index < -0.39 is 76.7 Å². The molecule has 342 valence electrons. The van der Waals surface area contributed by atoms with Gasteiger partial charge in [-0.25, -0.2) is 28.8 Å². The monoisotopic (exact) mass is 872 g/mol. The lowest BCUT2D eigenvalue weighted by molar-refractivity contribution is -0.158. The molecule has 18 heteroatoms. The molecule has 2 aromatic carbocycles. The Morgan fingerprint density at radius 1 is 0.565 bits per heavy atom. The molecule has 0 spiro atoms. The van der Waals surface area contributed by atoms with E-state index in [2.05, 4.69) is 10.6 Å². The van der Waals surface area contributed by atoms with Crippen LogP contribution in [-0.4, -0.2) is 89.9 Å². The van der Waals surface area contributed by atoms with E-state index in [-0.39, 0.29) is 77.9 Å². The van der Waals surface area contributed by atoms with Gasteiger partial charge in [0.1, 0.15) is 34.5 Å². The Kier molecular flexibility index (Phi) is 16.8. The van der Waals surface area contributed by atoms with Crippen LogP contribution in [0.5, 0.6) is 11.5 Å². The number of rotatable bonds is 15. The molecule has 2 atom stereocenters. The van der Waals surface area contributed by atoms with Crippen LogP contribution >= 0.6 is 0 Å². The number of hydrogen-bond donors (Lipinski definition) is 2. The summed E-state index contributed by atoms with van der Waals surface area (Å²) in [5, 5.41) is 5.62. The molecule has 18 nitrogen and oxygen atoms in total. The highest BCUT2D eigenvalue weighted by molar-refractivity contribution is 6.12. The molecule has 2 amide bonds. The van der Waals surface area contributed by atoms with Gasteiger partial charge in [-0.2, -0.15) is 0 Å². The minimum absolute atomic E-state index is 0.0181. The molecule has 0 aliphatic carbocycles. The molecule has 0 fully saturated rings. The number of ketones is 1. The number of amides is 2. The summed E-state index contributed by atoms with van der Waals surface area (Å²) < 4.78 is 49.3. The molecule has 1 heterocycles. The molecule has 1 aromatic heterocycles. The van der Waals surface area contributed by atoms with Crippen molar-refractivity contribution >= 4 is 64.0 Å². The fraction of sp³-hybridized carbons (Fsp3) is 0.568. The predicted octanol–water partition coefficient (Wildman–Crippen LogP) is 8.85. The molecule has 62 heavy (non-hydrogen) atoms. The average Bonchev–Trinajstić information content (AvgIpc) is 3.55. The van der Waals surface area contributed by atoms with Gasteiger partial charge in [0.25, 0.3) is 0 Å². The van der Waals surface area contributed by atoms with Gasteiger partial charge in [0.15, 0.2) is 28.6 Å². The Bertz CT molecular complexity index is 1970. The predicted molar refractivity (Wildman–Crippen MR) is 224 cm³/mol. The van der Waals surface area contributed by atoms with E-state index in [0.29, 0.717) is 0 Å². The number of hydrogen-bond acceptors (Lipinski definition) is 16. The molecule has 0 radical (unpaired) electrons. The van der Waals surface area contributed by atoms with Crippen LogP contribution in [0.4, 0.5) is 19.2 Å². The number of Topliss-reactive ketones (excluding diaryl/α,β-unsaturated/α-hetero) is 1. The van der Waals surface area contributed by atoms with Crippen LogP contribution in [0, 0.1) is 0 Å². The van der Waals surface area contributed by atoms with E-state index in [1.165, 1.54) is 13.0 Å². The van der Waals surface area contributed by atoms with Gasteiger partial charge in [-0.3, -0.25) is 4.79 Å². The first-order valence-electron chi connectivity index (χ1n) is 20.1. The summed E-state index contributed by atoms with van der Waals surface area (Å²) in [7, 11) is 0. The molecular formula is C44H60N2O16. The third-order valence-corrected chi connectivity index (χ3v) is 7.80. The lowest BCUT2D eigenvalue weighted by atomic mass is 10.1. The topological polar surface area (TPSA) is 231 Å². The van der Waals surface area contributed by atoms with Gasteiger partial charge in [0, 0.05) is 17.7 Å². The van der Waals surface area contributed by atoms with Crippen LogP contribution in [0.15, 0.2) is 34.7 Å². The maximum atomic E-state index is 13.1. The van der Waals surface area contributed by atoms with Crippen LogP contribution < -0.4 is 20.1 Å². The second-order valence-electron chi connectivity index (χ2n) is 18.3. The highest BCUT2D eigenvalue weighted by Crippen LogP contribution is 2.44. The number of benzene rings is 2. The number of ether oxygens (including phenoxy) is 8. The number of esters is 2. The van der Waals surface area contributed by atoms with Crippen molar-refractivity contribution in [2.45, 2.75) is 150 Å². The first kappa shape index (κ1) is 50.3. The average molecular weight is 873 g/mol. The Morgan fingerprint density at radius 2 is 0.952 bits per heavy atom. The number of nitrogens with one attached hydrogen (secondary N) is 2. The number of carbonyl (C=O) groups is 7. The largest absolute Gasteiger partial charge is 0.513 e. The summed E-state index contributed by atoms with van der Waals surface area (Å²) >= 11 is 0. The van der Waals surface area contributed by atoms with Crippen molar-refractivity contribution in [2.75, 3.05) is 13.2 Å². The molecule has 3 rings (SSSR count). The summed E-state index contributed by atoms with van der Waals surface area (Å²) in [6.45, 7) is 20.9. The third-order valence-electron chi connectivity index (χ3n) is 7.80. The number of carbonyl (C=O) groups excluding carboxylic acids is 7. The fourth-order valence-electron chi connectivity index (χ4n) is 5.51. The summed E-state index contributed by atoms with van der Waals surface area (Å²) in [5.74, 6) is -2.23. The number of fused-ring (bicyclic) bond motifs is 2. The maximum Gasteiger partial charge on any atom is 0.513 e. The number of furan rings is 1. The van der Waals surface area contributed by atoms with Crippen molar-refractivity contribution in [3.8, 4) is 11.5 Å². The zero-order valence-corrected chi connectivity index (χ0v) is 37.8. The minimum atomic E-state index is -1.16. The second kappa shape index (κ2) is 20.7. The van der Waals surface area contributed by atoms with Gasteiger partial charge >= 0.3 is 36.4 Å².